The highest BCUT2D eigenvalue weighted by molar-refractivity contribution is 7.80. The molecule has 1 aromatic heterocycles. The fraction of sp³-hybridized carbons (Fsp3) is 0.705. The van der Waals surface area contributed by atoms with Gasteiger partial charge in [-0.15, -0.1) is 0 Å². The molecule has 0 aliphatic carbocycles. The number of carboxylic acid groups (broad SMARTS) is 2. The second-order valence-corrected chi connectivity index (χ2v) is 18.9. The Morgan fingerprint density at radius 2 is 1.61 bits per heavy atom. The molecule has 3 fully saturated rings. The number of ether oxygens (including phenoxy) is 5. The number of carbonyl (C=O) groups is 5. The summed E-state index contributed by atoms with van der Waals surface area (Å²) in [6.07, 6.45) is -6.26. The molecule has 3 saturated heterocycles. The van der Waals surface area contributed by atoms with Crippen LogP contribution in [0.15, 0.2) is 46.2 Å². The van der Waals surface area contributed by atoms with Gasteiger partial charge in [0.2, 0.25) is 5.91 Å². The first-order valence-corrected chi connectivity index (χ1v) is 24.6. The summed E-state index contributed by atoms with van der Waals surface area (Å²) >= 11 is 0. The molecule has 1 amide bonds. The minimum Gasteiger partial charge on any atom is -0.481 e. The molecule has 14 atom stereocenters. The number of nitrogens with one attached hydrogen (secondary N) is 1. The maximum atomic E-state index is 14.7. The molecule has 6 unspecified atom stereocenters. The number of H-pyrrole nitrogens is 1. The van der Waals surface area contributed by atoms with Gasteiger partial charge in [-0.05, 0) is 51.5 Å². The average molecular weight is 1030 g/mol. The van der Waals surface area contributed by atoms with E-state index in [1.807, 2.05) is 17.1 Å². The third-order valence-electron chi connectivity index (χ3n) is 12.1. The SMILES string of the molecule is CCCCC/C=C\C/C=C\CCCC(CC(=O)OC1CN(C)C(C(O[C@@H]2O[C@H](CN)[C@@H](O)[C@H]2OS(=O)(=O)O)[C@H]2O[C@@H](n3ccc(=O)[nH]c3=O)[C@H](O)[C@@H]2O)C(=O)N(C)C1C(=O)O)OC(=O)CC(C)CC(=O)O. The van der Waals surface area contributed by atoms with Crippen LogP contribution in [0.2, 0.25) is 0 Å². The Hall–Kier alpha value is -4.94. The van der Waals surface area contributed by atoms with E-state index < -0.39 is 156 Å². The zero-order chi connectivity index (χ0) is 52.7. The number of unbranched alkanes of at least 4 members (excludes halogenated alkanes) is 4. The summed E-state index contributed by atoms with van der Waals surface area (Å²) in [5.41, 5.74) is 3.78. The number of hydrogen-bond donors (Lipinski definition) is 8. The Bertz CT molecular complexity index is 2260. The summed E-state index contributed by atoms with van der Waals surface area (Å²) in [7, 11) is -3.08. The molecule has 9 N–H and O–H groups in total. The van der Waals surface area contributed by atoms with Crippen LogP contribution in [0.4, 0.5) is 0 Å². The molecule has 0 bridgehead atoms. The molecule has 4 rings (SSSR count). The smallest absolute Gasteiger partial charge is 0.397 e. The van der Waals surface area contributed by atoms with Crippen molar-refractivity contribution in [2.75, 3.05) is 27.2 Å². The van der Waals surface area contributed by atoms with Gasteiger partial charge in [0, 0.05) is 45.2 Å². The van der Waals surface area contributed by atoms with Crippen molar-refractivity contribution in [3.63, 3.8) is 0 Å². The lowest BCUT2D eigenvalue weighted by Gasteiger charge is -2.38. The number of likely N-dealkylation sites (N-methyl/N-ethyl adjacent to an activating group) is 2. The zero-order valence-corrected chi connectivity index (χ0v) is 40.7. The standard InChI is InChI=1S/C44H67N5O21S/c1-5-6-7-8-9-10-11-12-13-14-15-16-25(65-30(53)20-24(2)19-29(51)52)21-31(54)66-27-23-47(3)33(40(58)48(4)32(27)42(59)60)37(69-43-39(70-71(62,63)64)34(55)26(22-45)67-43)38-35(56)36(57)41(68-38)49-18-17-28(50)46-44(49)61/h9-10,12-13,17-18,24-27,32-39,41,43,55-57H,5-8,11,14-16,19-23,45H2,1-4H3,(H,51,52)(H,59,60)(H,46,50,61)(H,62,63,64)/b10-9-,13-12-/t24?,25?,26-,27?,32?,33?,34-,35+,36-,37?,38+,39-,41-,43+/m1/s1. The Morgan fingerprint density at radius 1 is 0.930 bits per heavy atom. The number of esters is 2. The quantitative estimate of drug-likeness (QED) is 0.0226. The average Bonchev–Trinajstić information content (AvgIpc) is 3.69. The van der Waals surface area contributed by atoms with Crippen LogP contribution in [0.3, 0.4) is 0 Å². The first-order chi connectivity index (χ1) is 33.5. The van der Waals surface area contributed by atoms with Gasteiger partial charge in [0.1, 0.15) is 54.9 Å². The maximum Gasteiger partial charge on any atom is 0.397 e. The van der Waals surface area contributed by atoms with Crippen LogP contribution >= 0.6 is 0 Å². The monoisotopic (exact) mass is 1030 g/mol. The van der Waals surface area contributed by atoms with Crippen molar-refractivity contribution in [3.05, 3.63) is 57.4 Å². The first kappa shape index (κ1) is 58.6. The minimum atomic E-state index is -5.37. The molecule has 26 nitrogen and oxygen atoms in total. The molecule has 3 aliphatic rings. The number of nitrogens with two attached hydrogens (primary N) is 1. The number of aromatic nitrogens is 2. The van der Waals surface area contributed by atoms with Crippen molar-refractivity contribution < 1.29 is 90.3 Å². The number of carbonyl (C=O) groups excluding carboxylic acids is 3. The van der Waals surface area contributed by atoms with E-state index in [1.54, 1.807) is 0 Å². The normalized spacial score (nSPS) is 28.8. The van der Waals surface area contributed by atoms with Gasteiger partial charge in [0.15, 0.2) is 24.7 Å². The molecule has 0 aromatic carbocycles. The molecule has 27 heteroatoms. The third kappa shape index (κ3) is 16.8. The van der Waals surface area contributed by atoms with Crippen LogP contribution in [0.1, 0.15) is 90.7 Å². The predicted octanol–water partition coefficient (Wildman–Crippen LogP) is -1.03. The number of allylic oxidation sites excluding steroid dienone is 4. The Labute approximate surface area is 409 Å². The van der Waals surface area contributed by atoms with E-state index in [9.17, 15) is 72.1 Å². The van der Waals surface area contributed by atoms with Crippen LogP contribution in [0.25, 0.3) is 0 Å². The number of aliphatic hydroxyl groups excluding tert-OH is 3. The van der Waals surface area contributed by atoms with Gasteiger partial charge in [-0.1, -0.05) is 51.0 Å². The zero-order valence-electron chi connectivity index (χ0n) is 39.9. The molecule has 3 aliphatic heterocycles. The fourth-order valence-electron chi connectivity index (χ4n) is 8.63. The summed E-state index contributed by atoms with van der Waals surface area (Å²) in [4.78, 5) is 94.2. The molecular weight excluding hydrogens is 967 g/mol. The lowest BCUT2D eigenvalue weighted by atomic mass is 9.97. The second kappa shape index (κ2) is 27.2. The molecule has 0 radical (unpaired) electrons. The Balaban J connectivity index is 1.64. The number of aliphatic carboxylic acids is 2. The number of amides is 1. The minimum absolute atomic E-state index is 0.144. The summed E-state index contributed by atoms with van der Waals surface area (Å²) in [6, 6.07) is -2.91. The highest BCUT2D eigenvalue weighted by Crippen LogP contribution is 2.37. The van der Waals surface area contributed by atoms with Crippen LogP contribution in [0.5, 0.6) is 0 Å². The van der Waals surface area contributed by atoms with Gasteiger partial charge in [-0.25, -0.2) is 13.8 Å². The van der Waals surface area contributed by atoms with Crippen LogP contribution in [-0.4, -0.2) is 188 Å². The third-order valence-corrected chi connectivity index (χ3v) is 12.6. The number of rotatable bonds is 27. The van der Waals surface area contributed by atoms with Crippen molar-refractivity contribution in [2.45, 2.75) is 164 Å². The van der Waals surface area contributed by atoms with Crippen molar-refractivity contribution in [3.8, 4) is 0 Å². The van der Waals surface area contributed by atoms with E-state index in [2.05, 4.69) is 23.3 Å². The summed E-state index contributed by atoms with van der Waals surface area (Å²) in [5.74, 6) is -6.37. The van der Waals surface area contributed by atoms with E-state index >= 15 is 0 Å². The first-order valence-electron chi connectivity index (χ1n) is 23.3. The summed E-state index contributed by atoms with van der Waals surface area (Å²) in [5, 5.41) is 53.4. The molecule has 0 saturated carbocycles. The van der Waals surface area contributed by atoms with Crippen LogP contribution in [-0.2, 0) is 62.2 Å². The molecule has 1 aromatic rings. The fourth-order valence-corrected chi connectivity index (χ4v) is 9.11. The van der Waals surface area contributed by atoms with E-state index in [0.717, 1.165) is 49.9 Å². The van der Waals surface area contributed by atoms with E-state index in [0.29, 0.717) is 28.7 Å². The number of hydrogen-bond acceptors (Lipinski definition) is 20. The topological polar surface area (TPSA) is 384 Å². The summed E-state index contributed by atoms with van der Waals surface area (Å²) in [6.45, 7) is 2.57. The van der Waals surface area contributed by atoms with Gasteiger partial charge in [0.05, 0.1) is 6.42 Å². The van der Waals surface area contributed by atoms with Gasteiger partial charge in [-0.3, -0.25) is 43.0 Å². The highest BCUT2D eigenvalue weighted by atomic mass is 32.3. The van der Waals surface area contributed by atoms with E-state index in [1.165, 1.54) is 14.0 Å². The predicted molar refractivity (Wildman–Crippen MR) is 244 cm³/mol. The van der Waals surface area contributed by atoms with Gasteiger partial charge < -0.3 is 59.9 Å². The Morgan fingerprint density at radius 3 is 2.21 bits per heavy atom. The van der Waals surface area contributed by atoms with Crippen LogP contribution < -0.4 is 17.0 Å². The van der Waals surface area contributed by atoms with Crippen molar-refractivity contribution in [2.24, 2.45) is 11.7 Å². The highest BCUT2D eigenvalue weighted by Gasteiger charge is 2.58. The van der Waals surface area contributed by atoms with Crippen molar-refractivity contribution in [1.82, 2.24) is 19.4 Å². The number of carboxylic acids is 2. The van der Waals surface area contributed by atoms with Crippen molar-refractivity contribution in [1.29, 1.82) is 0 Å². The largest absolute Gasteiger partial charge is 0.481 e. The lowest BCUT2D eigenvalue weighted by Crippen LogP contribution is -2.60. The molecule has 0 spiro atoms. The number of aromatic amines is 1. The van der Waals surface area contributed by atoms with E-state index in [4.69, 9.17) is 29.4 Å². The van der Waals surface area contributed by atoms with Crippen LogP contribution in [0, 0.1) is 5.92 Å². The van der Waals surface area contributed by atoms with E-state index in [-0.39, 0.29) is 19.3 Å². The van der Waals surface area contributed by atoms with Crippen molar-refractivity contribution >= 4 is 40.2 Å². The van der Waals surface area contributed by atoms with Gasteiger partial charge >= 0.3 is 40.0 Å². The Kier molecular flexibility index (Phi) is 22.5. The number of nitrogens with zero attached hydrogens (tertiary/aromatic N) is 3. The molecule has 71 heavy (non-hydrogen) atoms. The van der Waals surface area contributed by atoms with Gasteiger partial charge in [0.25, 0.3) is 5.56 Å². The summed E-state index contributed by atoms with van der Waals surface area (Å²) < 4.78 is 67.9. The molecule has 400 valence electrons. The molecular formula is C44H67N5O21S. The lowest BCUT2D eigenvalue weighted by molar-refractivity contribution is -0.230. The molecule has 4 heterocycles. The van der Waals surface area contributed by atoms with Gasteiger partial charge in [-0.2, -0.15) is 8.42 Å². The second-order valence-electron chi connectivity index (χ2n) is 17.8. The number of aliphatic hydroxyl groups is 3. The maximum absolute atomic E-state index is 14.7.